The van der Waals surface area contributed by atoms with Crippen molar-refractivity contribution in [3.63, 3.8) is 0 Å². The van der Waals surface area contributed by atoms with Crippen LogP contribution in [0.25, 0.3) is 0 Å². The number of aryl methyl sites for hydroxylation is 1. The molecule has 1 aromatic heterocycles. The molecular formula is C15H16N4O2. The fourth-order valence-electron chi connectivity index (χ4n) is 1.70. The number of amides is 2. The molecule has 0 atom stereocenters. The highest BCUT2D eigenvalue weighted by Crippen LogP contribution is 2.09. The van der Waals surface area contributed by atoms with E-state index in [9.17, 15) is 9.59 Å². The predicted octanol–water partition coefficient (Wildman–Crippen LogP) is 1.67. The molecule has 0 aliphatic carbocycles. The van der Waals surface area contributed by atoms with Gasteiger partial charge in [0.05, 0.1) is 17.9 Å². The molecule has 2 rings (SSSR count). The van der Waals surface area contributed by atoms with E-state index in [1.54, 1.807) is 24.3 Å². The standard InChI is InChI=1S/C15H16N4O2/c1-10-3-6-14(19-18-10)9-16-15(21)12-4-7-13(8-5-12)17-11(2)20/h3-8H,9H2,1-2H3,(H,16,21)(H,17,20). The van der Waals surface area contributed by atoms with E-state index < -0.39 is 0 Å². The fraction of sp³-hybridized carbons (Fsp3) is 0.200. The quantitative estimate of drug-likeness (QED) is 0.894. The molecule has 0 aliphatic heterocycles. The lowest BCUT2D eigenvalue weighted by Gasteiger charge is -2.06. The highest BCUT2D eigenvalue weighted by Gasteiger charge is 2.06. The molecule has 1 heterocycles. The normalized spacial score (nSPS) is 10.0. The Bertz CT molecular complexity index is 636. The lowest BCUT2D eigenvalue weighted by molar-refractivity contribution is -0.114. The number of rotatable bonds is 4. The van der Waals surface area contributed by atoms with E-state index in [4.69, 9.17) is 0 Å². The molecule has 1 aromatic carbocycles. The van der Waals surface area contributed by atoms with Gasteiger partial charge in [0.25, 0.3) is 5.91 Å². The number of benzene rings is 1. The second kappa shape index (κ2) is 6.60. The maximum Gasteiger partial charge on any atom is 0.251 e. The van der Waals surface area contributed by atoms with Gasteiger partial charge < -0.3 is 10.6 Å². The molecule has 2 N–H and O–H groups in total. The number of hydrogen-bond acceptors (Lipinski definition) is 4. The molecule has 6 nitrogen and oxygen atoms in total. The van der Waals surface area contributed by atoms with Crippen molar-refractivity contribution in [3.8, 4) is 0 Å². The first-order chi connectivity index (χ1) is 10.0. The van der Waals surface area contributed by atoms with Crippen LogP contribution in [0, 0.1) is 6.92 Å². The second-order valence-corrected chi connectivity index (χ2v) is 4.61. The summed E-state index contributed by atoms with van der Waals surface area (Å²) in [4.78, 5) is 22.9. The molecule has 0 saturated carbocycles. The Kier molecular flexibility index (Phi) is 4.61. The monoisotopic (exact) mass is 284 g/mol. The molecule has 21 heavy (non-hydrogen) atoms. The van der Waals surface area contributed by atoms with E-state index in [1.807, 2.05) is 19.1 Å². The Morgan fingerprint density at radius 2 is 1.76 bits per heavy atom. The summed E-state index contributed by atoms with van der Waals surface area (Å²) in [6.07, 6.45) is 0. The van der Waals surface area contributed by atoms with Crippen LogP contribution in [0.15, 0.2) is 36.4 Å². The lowest BCUT2D eigenvalue weighted by Crippen LogP contribution is -2.23. The molecule has 0 spiro atoms. The molecule has 2 amide bonds. The zero-order valence-electron chi connectivity index (χ0n) is 11.9. The SMILES string of the molecule is CC(=O)Nc1ccc(C(=O)NCc2ccc(C)nn2)cc1. The first kappa shape index (κ1) is 14.6. The first-order valence-corrected chi connectivity index (χ1v) is 6.49. The van der Waals surface area contributed by atoms with Crippen LogP contribution in [0.5, 0.6) is 0 Å². The molecule has 6 heteroatoms. The summed E-state index contributed by atoms with van der Waals surface area (Å²) in [5.74, 6) is -0.350. The zero-order chi connectivity index (χ0) is 15.2. The summed E-state index contributed by atoms with van der Waals surface area (Å²) in [7, 11) is 0. The molecular weight excluding hydrogens is 268 g/mol. The van der Waals surface area contributed by atoms with Crippen LogP contribution >= 0.6 is 0 Å². The molecule has 0 saturated heterocycles. The molecule has 0 radical (unpaired) electrons. The van der Waals surface area contributed by atoms with Gasteiger partial charge >= 0.3 is 0 Å². The van der Waals surface area contributed by atoms with Crippen molar-refractivity contribution in [1.29, 1.82) is 0 Å². The minimum absolute atomic E-state index is 0.148. The third-order valence-electron chi connectivity index (χ3n) is 2.75. The highest BCUT2D eigenvalue weighted by molar-refractivity contribution is 5.95. The summed E-state index contributed by atoms with van der Waals surface area (Å²) in [5.41, 5.74) is 2.70. The van der Waals surface area contributed by atoms with Crippen molar-refractivity contribution in [2.45, 2.75) is 20.4 Å². The number of carbonyl (C=O) groups is 2. The van der Waals surface area contributed by atoms with Crippen molar-refractivity contribution in [3.05, 3.63) is 53.3 Å². The number of nitrogens with zero attached hydrogens (tertiary/aromatic N) is 2. The van der Waals surface area contributed by atoms with Crippen LogP contribution in [0.3, 0.4) is 0 Å². The van der Waals surface area contributed by atoms with Gasteiger partial charge in [-0.15, -0.1) is 0 Å². The molecule has 0 aliphatic rings. The molecule has 0 fully saturated rings. The Morgan fingerprint density at radius 3 is 2.33 bits per heavy atom. The van der Waals surface area contributed by atoms with Crippen LogP contribution in [-0.4, -0.2) is 22.0 Å². The number of nitrogens with one attached hydrogen (secondary N) is 2. The smallest absolute Gasteiger partial charge is 0.251 e. The van der Waals surface area contributed by atoms with Crippen LogP contribution in [0.1, 0.15) is 28.7 Å². The Hall–Kier alpha value is -2.76. The van der Waals surface area contributed by atoms with Gasteiger partial charge in [-0.2, -0.15) is 10.2 Å². The number of hydrogen-bond donors (Lipinski definition) is 2. The van der Waals surface area contributed by atoms with Crippen molar-refractivity contribution < 1.29 is 9.59 Å². The fourth-order valence-corrected chi connectivity index (χ4v) is 1.70. The molecule has 0 bridgehead atoms. The van der Waals surface area contributed by atoms with Gasteiger partial charge in [0.1, 0.15) is 0 Å². The molecule has 0 unspecified atom stereocenters. The number of anilines is 1. The van der Waals surface area contributed by atoms with E-state index in [1.165, 1.54) is 6.92 Å². The second-order valence-electron chi connectivity index (χ2n) is 4.61. The highest BCUT2D eigenvalue weighted by atomic mass is 16.2. The number of carbonyl (C=O) groups excluding carboxylic acids is 2. The first-order valence-electron chi connectivity index (χ1n) is 6.49. The Balaban J connectivity index is 1.93. The van der Waals surface area contributed by atoms with E-state index >= 15 is 0 Å². The predicted molar refractivity (Wildman–Crippen MR) is 78.7 cm³/mol. The van der Waals surface area contributed by atoms with Crippen molar-refractivity contribution in [2.24, 2.45) is 0 Å². The van der Waals surface area contributed by atoms with Gasteiger partial charge in [0.2, 0.25) is 5.91 Å². The van der Waals surface area contributed by atoms with Crippen LogP contribution in [0.2, 0.25) is 0 Å². The van der Waals surface area contributed by atoms with Gasteiger partial charge in [-0.1, -0.05) is 0 Å². The minimum atomic E-state index is -0.202. The summed E-state index contributed by atoms with van der Waals surface area (Å²) < 4.78 is 0. The average molecular weight is 284 g/mol. The Labute approximate surface area is 122 Å². The van der Waals surface area contributed by atoms with E-state index in [0.717, 1.165) is 5.69 Å². The maximum atomic E-state index is 12.0. The molecule has 108 valence electrons. The average Bonchev–Trinajstić information content (AvgIpc) is 2.46. The van der Waals surface area contributed by atoms with Crippen LogP contribution in [0.4, 0.5) is 5.69 Å². The summed E-state index contributed by atoms with van der Waals surface area (Å²) in [6, 6.07) is 10.3. The maximum absolute atomic E-state index is 12.0. The van der Waals surface area contributed by atoms with Crippen LogP contribution in [-0.2, 0) is 11.3 Å². The summed E-state index contributed by atoms with van der Waals surface area (Å²) >= 11 is 0. The lowest BCUT2D eigenvalue weighted by atomic mass is 10.2. The van der Waals surface area contributed by atoms with Gasteiger partial charge in [-0.25, -0.2) is 0 Å². The summed E-state index contributed by atoms with van der Waals surface area (Å²) in [5, 5.41) is 13.3. The minimum Gasteiger partial charge on any atom is -0.346 e. The topological polar surface area (TPSA) is 84.0 Å². The van der Waals surface area contributed by atoms with Gasteiger partial charge in [0, 0.05) is 18.2 Å². The summed E-state index contributed by atoms with van der Waals surface area (Å²) in [6.45, 7) is 3.61. The zero-order valence-corrected chi connectivity index (χ0v) is 11.9. The Morgan fingerprint density at radius 1 is 1.05 bits per heavy atom. The van der Waals surface area contributed by atoms with Crippen molar-refractivity contribution in [1.82, 2.24) is 15.5 Å². The van der Waals surface area contributed by atoms with Gasteiger partial charge in [-0.05, 0) is 43.3 Å². The molecule has 2 aromatic rings. The van der Waals surface area contributed by atoms with Crippen molar-refractivity contribution in [2.75, 3.05) is 5.32 Å². The third-order valence-corrected chi connectivity index (χ3v) is 2.75. The van der Waals surface area contributed by atoms with Crippen molar-refractivity contribution >= 4 is 17.5 Å². The van der Waals surface area contributed by atoms with E-state index in [0.29, 0.717) is 23.5 Å². The number of aromatic nitrogens is 2. The van der Waals surface area contributed by atoms with Crippen LogP contribution < -0.4 is 10.6 Å². The van der Waals surface area contributed by atoms with Gasteiger partial charge in [-0.3, -0.25) is 9.59 Å². The largest absolute Gasteiger partial charge is 0.346 e. The van der Waals surface area contributed by atoms with E-state index in [-0.39, 0.29) is 11.8 Å². The third kappa shape index (κ3) is 4.38. The van der Waals surface area contributed by atoms with Gasteiger partial charge in [0.15, 0.2) is 0 Å². The van der Waals surface area contributed by atoms with E-state index in [2.05, 4.69) is 20.8 Å².